The predicted molar refractivity (Wildman–Crippen MR) is 118 cm³/mol. The van der Waals surface area contributed by atoms with Gasteiger partial charge in [-0.3, -0.25) is 0 Å². The molecule has 0 aliphatic heterocycles. The molecule has 152 valence electrons. The molecule has 0 bridgehead atoms. The number of hydrogen-bond donors (Lipinski definition) is 0. The van der Waals surface area contributed by atoms with Crippen LogP contribution in [0, 0.1) is 6.92 Å². The van der Waals surface area contributed by atoms with Gasteiger partial charge in [0.1, 0.15) is 12.4 Å². The Hall–Kier alpha value is -3.13. The first kappa shape index (κ1) is 23.2. The molecule has 0 aromatic heterocycles. The van der Waals surface area contributed by atoms with Crippen LogP contribution in [-0.4, -0.2) is 0 Å². The van der Waals surface area contributed by atoms with Gasteiger partial charge in [-0.25, -0.2) is 12.1 Å². The largest absolute Gasteiger partial charge is 2.00 e. The monoisotopic (exact) mass is 436 g/mol. The smallest absolute Gasteiger partial charge is 0.872 e. The molecule has 3 heteroatoms. The van der Waals surface area contributed by atoms with Crippen LogP contribution in [0.25, 0.3) is 5.76 Å². The van der Waals surface area contributed by atoms with Crippen molar-refractivity contribution in [1.82, 2.24) is 0 Å². The molecule has 0 fully saturated rings. The summed E-state index contributed by atoms with van der Waals surface area (Å²) >= 11 is 0. The Morgan fingerprint density at radius 1 is 0.967 bits per heavy atom. The van der Waals surface area contributed by atoms with Gasteiger partial charge in [-0.2, -0.15) is 18.2 Å². The summed E-state index contributed by atoms with van der Waals surface area (Å²) < 4.78 is 5.91. The summed E-state index contributed by atoms with van der Waals surface area (Å²) in [6.45, 7) is 2.43. The third kappa shape index (κ3) is 7.36. The molecular weight excluding hydrogens is 412 g/mol. The fraction of sp³-hybridized carbons (Fsp3) is 0.0741. The summed E-state index contributed by atoms with van der Waals surface area (Å²) in [6.07, 6.45) is 11.2. The van der Waals surface area contributed by atoms with Gasteiger partial charge < -0.3 is 9.84 Å². The van der Waals surface area contributed by atoms with Gasteiger partial charge in [0.15, 0.2) is 0 Å². The van der Waals surface area contributed by atoms with E-state index in [-0.39, 0.29) is 22.8 Å². The zero-order valence-electron chi connectivity index (χ0n) is 16.8. The standard InChI is InChI=1S/C22H20O2.C5H5.Fe/c1-17-11-13-20(21(23)14-12-18-7-5-6-8-18)22(15-17)24-16-19-9-3-2-4-10-19;1-2-4-5-3-1;/h2-15,23H,16H2,1H3;1-5H;/q;-1;+2/p-1/b21-14-;;. The summed E-state index contributed by atoms with van der Waals surface area (Å²) in [5.41, 5.74) is 3.74. The van der Waals surface area contributed by atoms with E-state index in [1.807, 2.05) is 116 Å². The second-order valence-electron chi connectivity index (χ2n) is 6.65. The maximum absolute atomic E-state index is 12.5. The molecule has 1 aliphatic carbocycles. The van der Waals surface area contributed by atoms with Gasteiger partial charge in [-0.15, -0.1) is 0 Å². The summed E-state index contributed by atoms with van der Waals surface area (Å²) in [6, 6.07) is 25.6. The van der Waals surface area contributed by atoms with Crippen molar-refractivity contribution in [3.05, 3.63) is 138 Å². The molecule has 0 amide bonds. The molecule has 3 aromatic carbocycles. The fourth-order valence-corrected chi connectivity index (χ4v) is 2.77. The number of benzene rings is 2. The molecule has 0 heterocycles. The van der Waals surface area contributed by atoms with Crippen molar-refractivity contribution >= 4 is 5.76 Å². The average Bonchev–Trinajstić information content (AvgIpc) is 3.48. The van der Waals surface area contributed by atoms with Gasteiger partial charge in [0.2, 0.25) is 0 Å². The maximum Gasteiger partial charge on any atom is 2.00 e. The van der Waals surface area contributed by atoms with Crippen LogP contribution in [0.2, 0.25) is 0 Å². The minimum absolute atomic E-state index is 0. The number of ether oxygens (including phenoxy) is 1. The molecule has 2 nitrogen and oxygen atoms in total. The molecule has 0 spiro atoms. The third-order valence-corrected chi connectivity index (χ3v) is 4.31. The van der Waals surface area contributed by atoms with Crippen molar-refractivity contribution in [2.24, 2.45) is 0 Å². The number of allylic oxidation sites excluding steroid dienone is 7. The van der Waals surface area contributed by atoms with Crippen LogP contribution in [-0.2, 0) is 23.7 Å². The van der Waals surface area contributed by atoms with E-state index in [2.05, 4.69) is 0 Å². The van der Waals surface area contributed by atoms with Gasteiger partial charge in [0, 0.05) is 5.56 Å². The molecule has 4 rings (SSSR count). The molecule has 0 saturated carbocycles. The Balaban J connectivity index is 0.000000468. The van der Waals surface area contributed by atoms with Gasteiger partial charge >= 0.3 is 17.1 Å². The summed E-state index contributed by atoms with van der Waals surface area (Å²) in [5.74, 6) is 0.565. The molecule has 30 heavy (non-hydrogen) atoms. The van der Waals surface area contributed by atoms with Crippen LogP contribution in [0.4, 0.5) is 0 Å². The van der Waals surface area contributed by atoms with Gasteiger partial charge in [0.25, 0.3) is 0 Å². The molecular formula is C27H24FeO2. The van der Waals surface area contributed by atoms with E-state index in [1.54, 1.807) is 6.08 Å². The molecule has 0 radical (unpaired) electrons. The first-order valence-corrected chi connectivity index (χ1v) is 9.60. The Kier molecular flexibility index (Phi) is 9.60. The van der Waals surface area contributed by atoms with Gasteiger partial charge in [-0.05, 0) is 29.7 Å². The fourth-order valence-electron chi connectivity index (χ4n) is 2.77. The van der Waals surface area contributed by atoms with Crippen molar-refractivity contribution in [2.75, 3.05) is 0 Å². The third-order valence-electron chi connectivity index (χ3n) is 4.31. The van der Waals surface area contributed by atoms with E-state index >= 15 is 0 Å². The summed E-state index contributed by atoms with van der Waals surface area (Å²) in [7, 11) is 0. The Morgan fingerprint density at radius 2 is 1.67 bits per heavy atom. The second kappa shape index (κ2) is 12.4. The van der Waals surface area contributed by atoms with Crippen LogP contribution in [0.15, 0.2) is 121 Å². The van der Waals surface area contributed by atoms with E-state index in [9.17, 15) is 5.11 Å². The Bertz CT molecular complexity index is 979. The topological polar surface area (TPSA) is 32.3 Å². The number of rotatable bonds is 5. The van der Waals surface area contributed by atoms with Crippen LogP contribution in [0.5, 0.6) is 5.75 Å². The maximum atomic E-state index is 12.5. The number of hydrogen-bond acceptors (Lipinski definition) is 2. The van der Waals surface area contributed by atoms with Crippen molar-refractivity contribution in [1.29, 1.82) is 0 Å². The van der Waals surface area contributed by atoms with Crippen LogP contribution < -0.4 is 9.84 Å². The van der Waals surface area contributed by atoms with Crippen molar-refractivity contribution < 1.29 is 26.9 Å². The minimum Gasteiger partial charge on any atom is -0.872 e. The molecule has 0 atom stereocenters. The summed E-state index contributed by atoms with van der Waals surface area (Å²) in [5, 5.41) is 12.5. The first-order chi connectivity index (χ1) is 14.2. The van der Waals surface area contributed by atoms with Gasteiger partial charge in [-0.1, -0.05) is 84.7 Å². The van der Waals surface area contributed by atoms with E-state index in [0.717, 1.165) is 16.7 Å². The minimum atomic E-state index is -0.0562. The normalized spacial score (nSPS) is 12.0. The summed E-state index contributed by atoms with van der Waals surface area (Å²) in [4.78, 5) is 0. The number of aryl methyl sites for hydroxylation is 1. The Morgan fingerprint density at radius 3 is 2.30 bits per heavy atom. The van der Waals surface area contributed by atoms with Gasteiger partial charge in [0.05, 0.1) is 0 Å². The Labute approximate surface area is 189 Å². The van der Waals surface area contributed by atoms with Crippen molar-refractivity contribution in [3.8, 4) is 5.75 Å². The molecule has 3 aromatic rings. The van der Waals surface area contributed by atoms with E-state index < -0.39 is 0 Å². The van der Waals surface area contributed by atoms with Crippen molar-refractivity contribution in [3.63, 3.8) is 0 Å². The van der Waals surface area contributed by atoms with E-state index in [0.29, 0.717) is 17.9 Å². The average molecular weight is 436 g/mol. The molecule has 0 saturated heterocycles. The van der Waals surface area contributed by atoms with Crippen LogP contribution in [0.3, 0.4) is 0 Å². The zero-order valence-corrected chi connectivity index (χ0v) is 18.0. The second-order valence-corrected chi connectivity index (χ2v) is 6.65. The zero-order chi connectivity index (χ0) is 20.3. The van der Waals surface area contributed by atoms with Crippen molar-refractivity contribution in [2.45, 2.75) is 13.5 Å². The quantitative estimate of drug-likeness (QED) is 0.291. The van der Waals surface area contributed by atoms with Crippen LogP contribution >= 0.6 is 0 Å². The molecule has 0 N–H and O–H groups in total. The SMILES string of the molecule is Cc1ccc(/C([O-])=C/C=C2C=CC=C2)c(OCc2ccccc2)c1.[Fe+2].c1cc[cH-]c1. The molecule has 0 unspecified atom stereocenters. The first-order valence-electron chi connectivity index (χ1n) is 9.60. The molecule has 1 aliphatic rings. The van der Waals surface area contributed by atoms with E-state index in [4.69, 9.17) is 4.74 Å². The predicted octanol–water partition coefficient (Wildman–Crippen LogP) is 5.73. The van der Waals surface area contributed by atoms with E-state index in [1.165, 1.54) is 0 Å². The van der Waals surface area contributed by atoms with Crippen LogP contribution in [0.1, 0.15) is 16.7 Å².